The van der Waals surface area contributed by atoms with Crippen molar-refractivity contribution in [3.63, 3.8) is 0 Å². The molecule has 4 aromatic carbocycles. The number of hydrogen-bond donors (Lipinski definition) is 1. The summed E-state index contributed by atoms with van der Waals surface area (Å²) in [4.78, 5) is 19.6. The summed E-state index contributed by atoms with van der Waals surface area (Å²) < 4.78 is 43.4. The molecule has 0 radical (unpaired) electrons. The van der Waals surface area contributed by atoms with Gasteiger partial charge in [0.05, 0.1) is 35.8 Å². The van der Waals surface area contributed by atoms with Gasteiger partial charge in [-0.3, -0.25) is 0 Å². The topological polar surface area (TPSA) is 77.9 Å². The number of rotatable bonds is 9. The van der Waals surface area contributed by atoms with Crippen LogP contribution in [0.1, 0.15) is 40.2 Å². The first-order chi connectivity index (χ1) is 20.9. The highest BCUT2D eigenvalue weighted by Crippen LogP contribution is 2.29. The number of fused-ring (bicyclic) bond motifs is 1. The van der Waals surface area contributed by atoms with Crippen molar-refractivity contribution >= 4 is 22.7 Å². The van der Waals surface area contributed by atoms with Crippen LogP contribution in [0.15, 0.2) is 78.9 Å². The summed E-state index contributed by atoms with van der Waals surface area (Å²) in [6.07, 6.45) is 2.06. The highest BCUT2D eigenvalue weighted by atomic mass is 19.1. The minimum Gasteiger partial charge on any atom is -0.489 e. The summed E-state index contributed by atoms with van der Waals surface area (Å²) in [6.45, 7) is 8.18. The normalized spacial score (nSPS) is 14.6. The van der Waals surface area contributed by atoms with Gasteiger partial charge in [0.15, 0.2) is 5.69 Å². The molecule has 1 unspecified atom stereocenters. The van der Waals surface area contributed by atoms with Crippen LogP contribution in [0, 0.1) is 18.2 Å². The molecule has 0 bridgehead atoms. The Kier molecular flexibility index (Phi) is 7.86. The maximum atomic E-state index is 15.5. The Morgan fingerprint density at radius 3 is 2.58 bits per heavy atom. The highest BCUT2D eigenvalue weighted by molar-refractivity contribution is 5.92. The van der Waals surface area contributed by atoms with Crippen LogP contribution in [0.5, 0.6) is 5.75 Å². The molecule has 43 heavy (non-hydrogen) atoms. The average molecular weight is 580 g/mol. The summed E-state index contributed by atoms with van der Waals surface area (Å²) >= 11 is 0. The second-order valence-electron chi connectivity index (χ2n) is 10.5. The smallest absolute Gasteiger partial charge is 0.335 e. The Hall–Kier alpha value is -5.07. The number of benzene rings is 4. The molecular formula is C34H27F2N3O4. The van der Waals surface area contributed by atoms with E-state index < -0.39 is 17.6 Å². The number of ether oxygens (including phenoxy) is 2. The van der Waals surface area contributed by atoms with E-state index in [2.05, 4.69) is 4.85 Å². The van der Waals surface area contributed by atoms with Crippen molar-refractivity contribution in [2.75, 3.05) is 6.61 Å². The van der Waals surface area contributed by atoms with Crippen LogP contribution in [-0.2, 0) is 24.3 Å². The Balaban J connectivity index is 1.23. The van der Waals surface area contributed by atoms with Gasteiger partial charge in [0.25, 0.3) is 0 Å². The second kappa shape index (κ2) is 12.0. The van der Waals surface area contributed by atoms with Crippen molar-refractivity contribution in [2.45, 2.75) is 38.5 Å². The number of aromatic nitrogens is 2. The minimum atomic E-state index is -1.02. The first-order valence-electron chi connectivity index (χ1n) is 13.9. The van der Waals surface area contributed by atoms with E-state index in [0.717, 1.165) is 18.4 Å². The molecule has 7 nitrogen and oxygen atoms in total. The molecule has 6 rings (SSSR count). The fourth-order valence-corrected chi connectivity index (χ4v) is 5.33. The average Bonchev–Trinajstić information content (AvgIpc) is 3.65. The lowest BCUT2D eigenvalue weighted by atomic mass is 10.0. The zero-order chi connectivity index (χ0) is 29.9. The van der Waals surface area contributed by atoms with Gasteiger partial charge in [0.2, 0.25) is 0 Å². The van der Waals surface area contributed by atoms with Crippen LogP contribution in [0.3, 0.4) is 0 Å². The Morgan fingerprint density at radius 2 is 1.84 bits per heavy atom. The van der Waals surface area contributed by atoms with Gasteiger partial charge in [-0.15, -0.1) is 0 Å². The number of halogens is 2. The number of carboxylic acids is 1. The van der Waals surface area contributed by atoms with Gasteiger partial charge in [0.1, 0.15) is 29.8 Å². The lowest BCUT2D eigenvalue weighted by molar-refractivity contribution is 0.0697. The van der Waals surface area contributed by atoms with E-state index in [0.29, 0.717) is 52.4 Å². The van der Waals surface area contributed by atoms with Crippen LogP contribution < -0.4 is 4.74 Å². The number of carboxylic acid groups (broad SMARTS) is 1. The lowest BCUT2D eigenvalue weighted by Crippen LogP contribution is -2.17. The molecule has 216 valence electrons. The molecule has 0 spiro atoms. The van der Waals surface area contributed by atoms with E-state index >= 15 is 4.39 Å². The molecule has 1 aliphatic rings. The van der Waals surface area contributed by atoms with E-state index in [1.807, 2.05) is 16.7 Å². The van der Waals surface area contributed by atoms with E-state index in [9.17, 15) is 14.3 Å². The third-order valence-electron chi connectivity index (χ3n) is 7.61. The van der Waals surface area contributed by atoms with Crippen LogP contribution in [0.4, 0.5) is 14.5 Å². The molecule has 1 N–H and O–H groups in total. The van der Waals surface area contributed by atoms with Crippen molar-refractivity contribution < 1.29 is 28.2 Å². The molecule has 5 aromatic rings. The van der Waals surface area contributed by atoms with Crippen molar-refractivity contribution in [2.24, 2.45) is 0 Å². The molecule has 1 saturated heterocycles. The second-order valence-corrected chi connectivity index (χ2v) is 10.5. The summed E-state index contributed by atoms with van der Waals surface area (Å²) in [5, 5.41) is 9.51. The maximum absolute atomic E-state index is 15.5. The molecule has 1 aromatic heterocycles. The van der Waals surface area contributed by atoms with E-state index in [1.165, 1.54) is 24.3 Å². The molecular weight excluding hydrogens is 552 g/mol. The molecule has 1 fully saturated rings. The van der Waals surface area contributed by atoms with Crippen LogP contribution in [-0.4, -0.2) is 33.3 Å². The zero-order valence-electron chi connectivity index (χ0n) is 23.1. The van der Waals surface area contributed by atoms with Crippen LogP contribution in [0.2, 0.25) is 0 Å². The van der Waals surface area contributed by atoms with Gasteiger partial charge >= 0.3 is 5.97 Å². The number of nitrogens with zero attached hydrogens (tertiary/aromatic N) is 3. The zero-order valence-corrected chi connectivity index (χ0v) is 23.1. The van der Waals surface area contributed by atoms with Crippen molar-refractivity contribution in [3.8, 4) is 16.9 Å². The number of carbonyl (C=O) groups is 1. The first kappa shape index (κ1) is 28.1. The molecule has 9 heteroatoms. The molecule has 0 aliphatic carbocycles. The quantitative estimate of drug-likeness (QED) is 0.182. The summed E-state index contributed by atoms with van der Waals surface area (Å²) in [7, 11) is 0. The molecule has 1 atom stereocenters. The Morgan fingerprint density at radius 1 is 1.02 bits per heavy atom. The lowest BCUT2D eigenvalue weighted by Gasteiger charge is -2.15. The van der Waals surface area contributed by atoms with Gasteiger partial charge < -0.3 is 19.1 Å². The van der Waals surface area contributed by atoms with Gasteiger partial charge in [-0.2, -0.15) is 0 Å². The van der Waals surface area contributed by atoms with Gasteiger partial charge in [0, 0.05) is 18.6 Å². The fourth-order valence-electron chi connectivity index (χ4n) is 5.33. The Bertz CT molecular complexity index is 1870. The molecule has 0 saturated carbocycles. The number of imidazole rings is 1. The highest BCUT2D eigenvalue weighted by Gasteiger charge is 2.21. The predicted octanol–water partition coefficient (Wildman–Crippen LogP) is 7.58. The number of hydrogen-bond acceptors (Lipinski definition) is 4. The summed E-state index contributed by atoms with van der Waals surface area (Å²) in [6, 6.07) is 21.2. The minimum absolute atomic E-state index is 0.0122. The standard InChI is InChI=1S/C34H27F2N3O4/c1-37-26-11-9-25(30(36)18-26)20-43-27-5-2-4-21(14-27)22-7-8-23(29(35)15-22)17-33-38-31-12-10-24(34(40)41)16-32(31)39(33)19-28-6-3-13-42-28/h2,4-5,7-12,14-16,18,28H,3,6,13,17,19-20H2,(H,40,41). The van der Waals surface area contributed by atoms with Crippen molar-refractivity contribution in [3.05, 3.63) is 124 Å². The van der Waals surface area contributed by atoms with E-state index in [1.54, 1.807) is 42.5 Å². The predicted molar refractivity (Wildman–Crippen MR) is 157 cm³/mol. The number of aromatic carboxylic acids is 1. The third kappa shape index (κ3) is 6.10. The largest absolute Gasteiger partial charge is 0.489 e. The fraction of sp³-hybridized carbons (Fsp3) is 0.206. The Labute approximate surface area is 246 Å². The van der Waals surface area contributed by atoms with Crippen LogP contribution in [0.25, 0.3) is 27.0 Å². The molecule has 2 heterocycles. The van der Waals surface area contributed by atoms with Crippen molar-refractivity contribution in [1.82, 2.24) is 9.55 Å². The first-order valence-corrected chi connectivity index (χ1v) is 13.9. The van der Waals surface area contributed by atoms with E-state index in [4.69, 9.17) is 21.0 Å². The third-order valence-corrected chi connectivity index (χ3v) is 7.61. The van der Waals surface area contributed by atoms with E-state index in [-0.39, 0.29) is 30.4 Å². The van der Waals surface area contributed by atoms with Gasteiger partial charge in [-0.1, -0.05) is 36.4 Å². The SMILES string of the molecule is [C-]#[N+]c1ccc(COc2cccc(-c3ccc(Cc4nc5ccc(C(=O)O)cc5n4CC4CCCO4)c(F)c3)c2)c(F)c1. The van der Waals surface area contributed by atoms with Gasteiger partial charge in [-0.05, 0) is 72.0 Å². The summed E-state index contributed by atoms with van der Waals surface area (Å²) in [5.74, 6) is -0.792. The molecule has 0 amide bonds. The molecule has 1 aliphatic heterocycles. The van der Waals surface area contributed by atoms with Gasteiger partial charge in [-0.25, -0.2) is 23.4 Å². The monoisotopic (exact) mass is 579 g/mol. The summed E-state index contributed by atoms with van der Waals surface area (Å²) in [5.41, 5.74) is 3.89. The van der Waals surface area contributed by atoms with Crippen LogP contribution >= 0.6 is 0 Å². The van der Waals surface area contributed by atoms with Crippen molar-refractivity contribution in [1.29, 1.82) is 0 Å². The maximum Gasteiger partial charge on any atom is 0.335 e.